The number of amides is 2. The highest BCUT2D eigenvalue weighted by molar-refractivity contribution is 7.87. The van der Waals surface area contributed by atoms with E-state index in [-0.39, 0.29) is 34.2 Å². The Labute approximate surface area is 188 Å². The van der Waals surface area contributed by atoms with E-state index in [1.165, 1.54) is 45.6 Å². The number of ether oxygens (including phenoxy) is 3. The molecule has 0 aliphatic carbocycles. The Hall–Kier alpha value is -3.14. The van der Waals surface area contributed by atoms with E-state index >= 15 is 0 Å². The van der Waals surface area contributed by atoms with Crippen LogP contribution in [0.1, 0.15) is 20.3 Å². The Morgan fingerprint density at radius 3 is 2.06 bits per heavy atom. The lowest BCUT2D eigenvalue weighted by Crippen LogP contribution is -2.37. The summed E-state index contributed by atoms with van der Waals surface area (Å²) in [5.41, 5.74) is 0.632. The Morgan fingerprint density at radius 1 is 0.969 bits per heavy atom. The van der Waals surface area contributed by atoms with Gasteiger partial charge in [-0.05, 0) is 37.6 Å². The Bertz CT molecular complexity index is 1050. The number of methoxy groups -OCH3 is 3. The molecule has 0 spiro atoms. The topological polar surface area (TPSA) is 94.6 Å². The lowest BCUT2D eigenvalue weighted by molar-refractivity contribution is 0.203. The second-order valence-electron chi connectivity index (χ2n) is 7.28. The molecule has 2 aromatic carbocycles. The van der Waals surface area contributed by atoms with Gasteiger partial charge in [0.1, 0.15) is 4.90 Å². The first kappa shape index (κ1) is 23.5. The van der Waals surface area contributed by atoms with Crippen LogP contribution in [-0.2, 0) is 10.1 Å². The van der Waals surface area contributed by atoms with Crippen LogP contribution in [-0.4, -0.2) is 59.8 Å². The molecule has 32 heavy (non-hydrogen) atoms. The highest BCUT2D eigenvalue weighted by atomic mass is 32.2. The number of anilines is 1. The second-order valence-corrected chi connectivity index (χ2v) is 8.82. The van der Waals surface area contributed by atoms with Crippen molar-refractivity contribution in [2.75, 3.05) is 39.3 Å². The highest BCUT2D eigenvalue weighted by Gasteiger charge is 2.32. The molecule has 1 fully saturated rings. The third-order valence-electron chi connectivity index (χ3n) is 5.45. The predicted octanol–water partition coefficient (Wildman–Crippen LogP) is 3.52. The van der Waals surface area contributed by atoms with Crippen molar-refractivity contribution in [2.24, 2.45) is 0 Å². The first-order valence-corrected chi connectivity index (χ1v) is 11.6. The van der Waals surface area contributed by atoms with Crippen LogP contribution < -0.4 is 23.3 Å². The van der Waals surface area contributed by atoms with Crippen molar-refractivity contribution in [1.29, 1.82) is 0 Å². The largest absolute Gasteiger partial charge is 0.493 e. The minimum Gasteiger partial charge on any atom is -0.493 e. The van der Waals surface area contributed by atoms with E-state index in [9.17, 15) is 13.2 Å². The van der Waals surface area contributed by atoms with Crippen molar-refractivity contribution >= 4 is 21.8 Å². The molecular formula is C22H28N2O7S. The standard InChI is InChI=1S/C22H28N2O7S/c1-6-15(2)23-11-12-24(22(23)25)16-7-9-18(10-8-16)32(26,27)31-17-13-19(28-3)21(30-5)20(14-17)29-4/h7-10,13-15H,6,11-12H2,1-5H3. The highest BCUT2D eigenvalue weighted by Crippen LogP contribution is 2.41. The summed E-state index contributed by atoms with van der Waals surface area (Å²) in [5, 5.41) is 0. The number of benzene rings is 2. The van der Waals surface area contributed by atoms with Gasteiger partial charge < -0.3 is 23.3 Å². The molecular weight excluding hydrogens is 436 g/mol. The molecule has 3 rings (SSSR count). The molecule has 0 bridgehead atoms. The van der Waals surface area contributed by atoms with Gasteiger partial charge in [0, 0.05) is 37.0 Å². The zero-order chi connectivity index (χ0) is 23.5. The summed E-state index contributed by atoms with van der Waals surface area (Å²) in [6, 6.07) is 8.92. The number of carbonyl (C=O) groups is 1. The Balaban J connectivity index is 1.81. The van der Waals surface area contributed by atoms with Gasteiger partial charge in [-0.1, -0.05) is 6.92 Å². The van der Waals surface area contributed by atoms with Gasteiger partial charge in [0.2, 0.25) is 5.75 Å². The molecule has 174 valence electrons. The Kier molecular flexibility index (Phi) is 7.02. The molecule has 1 atom stereocenters. The van der Waals surface area contributed by atoms with Gasteiger partial charge in [-0.3, -0.25) is 4.90 Å². The number of hydrogen-bond donors (Lipinski definition) is 0. The van der Waals surface area contributed by atoms with E-state index < -0.39 is 10.1 Å². The van der Waals surface area contributed by atoms with Gasteiger partial charge >= 0.3 is 16.1 Å². The number of rotatable bonds is 9. The van der Waals surface area contributed by atoms with Crippen LogP contribution in [0, 0.1) is 0 Å². The van der Waals surface area contributed by atoms with Crippen molar-refractivity contribution < 1.29 is 31.6 Å². The average Bonchev–Trinajstić information content (AvgIpc) is 3.18. The quantitative estimate of drug-likeness (QED) is 0.524. The molecule has 0 N–H and O–H groups in total. The SMILES string of the molecule is CCC(C)N1CCN(c2ccc(S(=O)(=O)Oc3cc(OC)c(OC)c(OC)c3)cc2)C1=O. The minimum absolute atomic E-state index is 0.0162. The van der Waals surface area contributed by atoms with Crippen LogP contribution >= 0.6 is 0 Å². The third-order valence-corrected chi connectivity index (χ3v) is 6.71. The molecule has 0 radical (unpaired) electrons. The van der Waals surface area contributed by atoms with Crippen LogP contribution in [0.15, 0.2) is 41.3 Å². The van der Waals surface area contributed by atoms with E-state index in [4.69, 9.17) is 18.4 Å². The smallest absolute Gasteiger partial charge is 0.339 e. The summed E-state index contributed by atoms with van der Waals surface area (Å²) in [6.45, 7) is 5.24. The maximum atomic E-state index is 12.8. The van der Waals surface area contributed by atoms with E-state index in [0.717, 1.165) is 6.42 Å². The zero-order valence-corrected chi connectivity index (χ0v) is 19.6. The van der Waals surface area contributed by atoms with Crippen molar-refractivity contribution in [3.63, 3.8) is 0 Å². The number of carbonyl (C=O) groups excluding carboxylic acids is 1. The van der Waals surface area contributed by atoms with Crippen LogP contribution in [0.5, 0.6) is 23.0 Å². The first-order valence-electron chi connectivity index (χ1n) is 10.2. The average molecular weight is 465 g/mol. The maximum absolute atomic E-state index is 12.8. The zero-order valence-electron chi connectivity index (χ0n) is 18.8. The molecule has 1 aliphatic heterocycles. The van der Waals surface area contributed by atoms with Gasteiger partial charge in [-0.2, -0.15) is 8.42 Å². The van der Waals surface area contributed by atoms with Gasteiger partial charge in [-0.25, -0.2) is 4.79 Å². The number of hydrogen-bond acceptors (Lipinski definition) is 7. The van der Waals surface area contributed by atoms with Gasteiger partial charge in [0.15, 0.2) is 17.2 Å². The lowest BCUT2D eigenvalue weighted by Gasteiger charge is -2.23. The molecule has 1 aliphatic rings. The van der Waals surface area contributed by atoms with E-state index in [1.54, 1.807) is 17.0 Å². The van der Waals surface area contributed by atoms with E-state index in [2.05, 4.69) is 0 Å². The summed E-state index contributed by atoms with van der Waals surface area (Å²) in [5.74, 6) is 0.880. The van der Waals surface area contributed by atoms with Crippen LogP contribution in [0.2, 0.25) is 0 Å². The van der Waals surface area contributed by atoms with Crippen molar-refractivity contribution in [2.45, 2.75) is 31.2 Å². The normalized spacial score (nSPS) is 15.0. The molecule has 0 saturated carbocycles. The fourth-order valence-electron chi connectivity index (χ4n) is 3.50. The van der Waals surface area contributed by atoms with Gasteiger partial charge in [0.05, 0.1) is 21.3 Å². The van der Waals surface area contributed by atoms with Crippen LogP contribution in [0.3, 0.4) is 0 Å². The lowest BCUT2D eigenvalue weighted by atomic mass is 10.2. The second kappa shape index (κ2) is 9.56. The maximum Gasteiger partial charge on any atom is 0.339 e. The monoisotopic (exact) mass is 464 g/mol. The summed E-state index contributed by atoms with van der Waals surface area (Å²) < 4.78 is 46.6. The Morgan fingerprint density at radius 2 is 1.56 bits per heavy atom. The van der Waals surface area contributed by atoms with Gasteiger partial charge in [0.25, 0.3) is 0 Å². The van der Waals surface area contributed by atoms with Crippen molar-refractivity contribution in [1.82, 2.24) is 4.90 Å². The molecule has 9 nitrogen and oxygen atoms in total. The summed E-state index contributed by atoms with van der Waals surface area (Å²) in [4.78, 5) is 16.1. The molecule has 0 aromatic heterocycles. The molecule has 2 amide bonds. The third kappa shape index (κ3) is 4.55. The van der Waals surface area contributed by atoms with Crippen LogP contribution in [0.4, 0.5) is 10.5 Å². The summed E-state index contributed by atoms with van der Waals surface area (Å²) >= 11 is 0. The molecule has 2 aromatic rings. The van der Waals surface area contributed by atoms with E-state index in [1.807, 2.05) is 18.7 Å². The number of urea groups is 1. The minimum atomic E-state index is -4.13. The van der Waals surface area contributed by atoms with E-state index in [0.29, 0.717) is 24.5 Å². The van der Waals surface area contributed by atoms with Crippen LogP contribution in [0.25, 0.3) is 0 Å². The predicted molar refractivity (Wildman–Crippen MR) is 120 cm³/mol. The molecule has 1 heterocycles. The van der Waals surface area contributed by atoms with Crippen molar-refractivity contribution in [3.8, 4) is 23.0 Å². The summed E-state index contributed by atoms with van der Waals surface area (Å²) in [6.07, 6.45) is 0.870. The molecule has 10 heteroatoms. The van der Waals surface area contributed by atoms with Crippen molar-refractivity contribution in [3.05, 3.63) is 36.4 Å². The fraction of sp³-hybridized carbons (Fsp3) is 0.409. The molecule has 1 saturated heterocycles. The molecule has 1 unspecified atom stereocenters. The first-order chi connectivity index (χ1) is 15.2. The fourth-order valence-corrected chi connectivity index (χ4v) is 4.41. The van der Waals surface area contributed by atoms with Gasteiger partial charge in [-0.15, -0.1) is 0 Å². The number of nitrogens with zero attached hydrogens (tertiary/aromatic N) is 2. The summed E-state index contributed by atoms with van der Waals surface area (Å²) in [7, 11) is 0.174.